The molecule has 110 valence electrons. The fourth-order valence-electron chi connectivity index (χ4n) is 3.11. The van der Waals surface area contributed by atoms with E-state index in [1.54, 1.807) is 6.92 Å². The molecule has 0 radical (unpaired) electrons. The predicted molar refractivity (Wildman–Crippen MR) is 68.3 cm³/mol. The van der Waals surface area contributed by atoms with Crippen LogP contribution in [0.3, 0.4) is 0 Å². The minimum absolute atomic E-state index is 0.0195. The molecule has 2 aliphatic heterocycles. The fourth-order valence-corrected chi connectivity index (χ4v) is 3.11. The van der Waals surface area contributed by atoms with Gasteiger partial charge in [0.25, 0.3) is 5.92 Å². The lowest BCUT2D eigenvalue weighted by molar-refractivity contribution is 0.0122. The normalized spacial score (nSPS) is 29.2. The Balaban J connectivity index is 1.67. The van der Waals surface area contributed by atoms with E-state index in [9.17, 15) is 13.2 Å². The van der Waals surface area contributed by atoms with Crippen LogP contribution < -0.4 is 5.32 Å². The molecule has 0 amide bonds. The van der Waals surface area contributed by atoms with Gasteiger partial charge in [-0.3, -0.25) is 4.90 Å². The Morgan fingerprint density at radius 1 is 1.45 bits per heavy atom. The second kappa shape index (κ2) is 4.87. The van der Waals surface area contributed by atoms with Crippen LogP contribution in [0.5, 0.6) is 0 Å². The highest BCUT2D eigenvalue weighted by Crippen LogP contribution is 2.37. The summed E-state index contributed by atoms with van der Waals surface area (Å²) in [6, 6.07) is -0.142. The summed E-state index contributed by atoms with van der Waals surface area (Å²) in [4.78, 5) is 9.63. The molecule has 2 atom stereocenters. The number of halogens is 3. The summed E-state index contributed by atoms with van der Waals surface area (Å²) in [5, 5.41) is 3.03. The minimum Gasteiger partial charge on any atom is -0.365 e. The lowest BCUT2D eigenvalue weighted by Crippen LogP contribution is -2.43. The predicted octanol–water partition coefficient (Wildman–Crippen LogP) is 2.21. The highest BCUT2D eigenvalue weighted by molar-refractivity contribution is 5.36. The molecule has 7 heteroatoms. The summed E-state index contributed by atoms with van der Waals surface area (Å²) in [6.45, 7) is 2.15. The van der Waals surface area contributed by atoms with Gasteiger partial charge in [-0.1, -0.05) is 0 Å². The maximum atomic E-state index is 13.6. The molecule has 3 rings (SSSR count). The summed E-state index contributed by atoms with van der Waals surface area (Å²) in [5.41, 5.74) is 0. The van der Waals surface area contributed by atoms with Crippen LogP contribution in [0.2, 0.25) is 0 Å². The Labute approximate surface area is 115 Å². The molecule has 1 aromatic heterocycles. The molecule has 1 aromatic rings. The second-order valence-electron chi connectivity index (χ2n) is 5.66. The van der Waals surface area contributed by atoms with Gasteiger partial charge < -0.3 is 5.32 Å². The van der Waals surface area contributed by atoms with Gasteiger partial charge in [0, 0.05) is 25.0 Å². The molecule has 3 heterocycles. The number of hydrogen-bond acceptors (Lipinski definition) is 4. The maximum Gasteiger partial charge on any atom is 0.262 e. The first-order chi connectivity index (χ1) is 9.43. The smallest absolute Gasteiger partial charge is 0.262 e. The number of nitrogens with zero attached hydrogens (tertiary/aromatic N) is 3. The van der Waals surface area contributed by atoms with Crippen LogP contribution >= 0.6 is 0 Å². The van der Waals surface area contributed by atoms with Gasteiger partial charge in [-0.15, -0.1) is 0 Å². The fraction of sp³-hybridized carbons (Fsp3) is 0.692. The van der Waals surface area contributed by atoms with Crippen molar-refractivity contribution in [2.75, 3.05) is 18.4 Å². The van der Waals surface area contributed by atoms with Gasteiger partial charge in [0.2, 0.25) is 0 Å². The summed E-state index contributed by atoms with van der Waals surface area (Å²) < 4.78 is 40.3. The number of rotatable bonds is 2. The number of aromatic nitrogens is 2. The van der Waals surface area contributed by atoms with E-state index in [-0.39, 0.29) is 30.9 Å². The zero-order valence-electron chi connectivity index (χ0n) is 11.2. The number of hydrogen-bond donors (Lipinski definition) is 1. The van der Waals surface area contributed by atoms with Crippen LogP contribution in [-0.4, -0.2) is 46.0 Å². The van der Waals surface area contributed by atoms with Crippen LogP contribution in [-0.2, 0) is 0 Å². The first-order valence-electron chi connectivity index (χ1n) is 6.80. The van der Waals surface area contributed by atoms with Gasteiger partial charge in [0.05, 0.1) is 12.7 Å². The quantitative estimate of drug-likeness (QED) is 0.905. The zero-order chi connectivity index (χ0) is 14.3. The number of anilines is 1. The SMILES string of the molecule is Cc1ncc(F)c(NC2CCN3CC(F)(F)CC3C2)n1. The van der Waals surface area contributed by atoms with Crippen LogP contribution in [0.4, 0.5) is 19.0 Å². The standard InChI is InChI=1S/C13H17F3N4/c1-8-17-6-11(14)12(18-8)19-9-2-3-20-7-13(15,16)5-10(20)4-9/h6,9-10H,2-5,7H2,1H3,(H,17,18,19). The number of aryl methyl sites for hydroxylation is 1. The Kier molecular flexibility index (Phi) is 3.32. The van der Waals surface area contributed by atoms with E-state index in [1.165, 1.54) is 0 Å². The van der Waals surface area contributed by atoms with Crippen molar-refractivity contribution < 1.29 is 13.2 Å². The van der Waals surface area contributed by atoms with Gasteiger partial charge in [-0.25, -0.2) is 23.1 Å². The number of piperidine rings is 1. The average Bonchev–Trinajstić information content (AvgIpc) is 2.67. The van der Waals surface area contributed by atoms with Gasteiger partial charge >= 0.3 is 0 Å². The Morgan fingerprint density at radius 3 is 3.05 bits per heavy atom. The highest BCUT2D eigenvalue weighted by atomic mass is 19.3. The third-order valence-electron chi connectivity index (χ3n) is 4.01. The van der Waals surface area contributed by atoms with Crippen molar-refractivity contribution in [1.82, 2.24) is 14.9 Å². The highest BCUT2D eigenvalue weighted by Gasteiger charge is 2.47. The van der Waals surface area contributed by atoms with E-state index in [1.807, 2.05) is 4.90 Å². The molecule has 1 N–H and O–H groups in total. The molecular weight excluding hydrogens is 269 g/mol. The zero-order valence-corrected chi connectivity index (χ0v) is 11.2. The van der Waals surface area contributed by atoms with Crippen molar-refractivity contribution in [3.63, 3.8) is 0 Å². The van der Waals surface area contributed by atoms with Gasteiger partial charge in [0.15, 0.2) is 11.6 Å². The molecule has 2 fully saturated rings. The Bertz CT molecular complexity index is 508. The van der Waals surface area contributed by atoms with Crippen LogP contribution in [0.25, 0.3) is 0 Å². The number of nitrogens with one attached hydrogen (secondary N) is 1. The molecular formula is C13H17F3N4. The van der Waals surface area contributed by atoms with Gasteiger partial charge in [0.1, 0.15) is 5.82 Å². The maximum absolute atomic E-state index is 13.6. The minimum atomic E-state index is -2.59. The Morgan fingerprint density at radius 2 is 2.25 bits per heavy atom. The van der Waals surface area contributed by atoms with Crippen molar-refractivity contribution in [3.05, 3.63) is 17.8 Å². The van der Waals surface area contributed by atoms with Crippen molar-refractivity contribution in [2.45, 2.75) is 44.2 Å². The first kappa shape index (κ1) is 13.6. The van der Waals surface area contributed by atoms with E-state index in [0.29, 0.717) is 18.8 Å². The molecule has 2 unspecified atom stereocenters. The van der Waals surface area contributed by atoms with Crippen molar-refractivity contribution >= 4 is 5.82 Å². The van der Waals surface area contributed by atoms with E-state index in [0.717, 1.165) is 12.6 Å². The van der Waals surface area contributed by atoms with E-state index < -0.39 is 11.7 Å². The molecule has 0 saturated carbocycles. The molecule has 0 aliphatic carbocycles. The van der Waals surface area contributed by atoms with Crippen molar-refractivity contribution in [2.24, 2.45) is 0 Å². The summed E-state index contributed by atoms with van der Waals surface area (Å²) in [5.74, 6) is -2.44. The van der Waals surface area contributed by atoms with Gasteiger partial charge in [-0.2, -0.15) is 0 Å². The van der Waals surface area contributed by atoms with E-state index in [2.05, 4.69) is 15.3 Å². The third-order valence-corrected chi connectivity index (χ3v) is 4.01. The van der Waals surface area contributed by atoms with Crippen LogP contribution in [0.15, 0.2) is 6.20 Å². The largest absolute Gasteiger partial charge is 0.365 e. The lowest BCUT2D eigenvalue weighted by Gasteiger charge is -2.34. The summed E-state index contributed by atoms with van der Waals surface area (Å²) in [6.07, 6.45) is 2.34. The second-order valence-corrected chi connectivity index (χ2v) is 5.66. The van der Waals surface area contributed by atoms with Crippen LogP contribution in [0.1, 0.15) is 25.1 Å². The molecule has 2 aliphatic rings. The Hall–Kier alpha value is -1.37. The van der Waals surface area contributed by atoms with Crippen LogP contribution in [0, 0.1) is 12.7 Å². The molecule has 4 nitrogen and oxygen atoms in total. The molecule has 20 heavy (non-hydrogen) atoms. The molecule has 2 saturated heterocycles. The first-order valence-corrected chi connectivity index (χ1v) is 6.80. The third kappa shape index (κ3) is 2.72. The monoisotopic (exact) mass is 286 g/mol. The molecule has 0 spiro atoms. The van der Waals surface area contributed by atoms with E-state index in [4.69, 9.17) is 0 Å². The average molecular weight is 286 g/mol. The number of fused-ring (bicyclic) bond motifs is 1. The van der Waals surface area contributed by atoms with E-state index >= 15 is 0 Å². The van der Waals surface area contributed by atoms with Gasteiger partial charge in [-0.05, 0) is 19.8 Å². The van der Waals surface area contributed by atoms with Crippen molar-refractivity contribution in [1.29, 1.82) is 0 Å². The molecule has 0 bridgehead atoms. The lowest BCUT2D eigenvalue weighted by atomic mass is 9.97. The summed E-state index contributed by atoms with van der Waals surface area (Å²) >= 11 is 0. The molecule has 0 aromatic carbocycles. The number of alkyl halides is 2. The summed E-state index contributed by atoms with van der Waals surface area (Å²) in [7, 11) is 0. The van der Waals surface area contributed by atoms with Crippen molar-refractivity contribution in [3.8, 4) is 0 Å². The topological polar surface area (TPSA) is 41.1 Å².